The van der Waals surface area contributed by atoms with Crippen molar-refractivity contribution in [2.45, 2.75) is 72.5 Å². The van der Waals surface area contributed by atoms with Crippen molar-refractivity contribution in [1.29, 1.82) is 0 Å². The number of ether oxygens (including phenoxy) is 1. The fraction of sp³-hybridized carbons (Fsp3) is 0.469. The molecule has 1 unspecified atom stereocenters. The second-order valence-electron chi connectivity index (χ2n) is 10.6. The Kier molecular flexibility index (Phi) is 11.6. The average Bonchev–Trinajstić information content (AvgIpc) is 2.83. The number of ketones is 1. The molecule has 2 rings (SSSR count). The van der Waals surface area contributed by atoms with Crippen molar-refractivity contribution >= 4 is 5.78 Å². The number of benzene rings is 1. The first-order valence-corrected chi connectivity index (χ1v) is 12.9. The van der Waals surface area contributed by atoms with Gasteiger partial charge in [-0.3, -0.25) is 4.79 Å². The molecule has 0 radical (unpaired) electrons. The molecule has 0 bridgehead atoms. The van der Waals surface area contributed by atoms with Crippen molar-refractivity contribution in [3.05, 3.63) is 96.2 Å². The zero-order chi connectivity index (χ0) is 25.8. The van der Waals surface area contributed by atoms with Crippen LogP contribution in [0.4, 0.5) is 0 Å². The summed E-state index contributed by atoms with van der Waals surface area (Å²) in [7, 11) is 0. The van der Waals surface area contributed by atoms with Gasteiger partial charge in [0.15, 0.2) is 5.78 Å². The molecule has 0 aliphatic carbocycles. The zero-order valence-electron chi connectivity index (χ0n) is 22.6. The Bertz CT molecular complexity index is 922. The Hall–Kier alpha value is -2.49. The van der Waals surface area contributed by atoms with Gasteiger partial charge in [0.2, 0.25) is 0 Å². The molecule has 1 atom stereocenters. The number of hydrogen-bond acceptors (Lipinski definition) is 3. The molecule has 3 heteroatoms. The van der Waals surface area contributed by atoms with Gasteiger partial charge in [-0.25, -0.2) is 0 Å². The molecule has 3 nitrogen and oxygen atoms in total. The molecular formula is C32H45NO2. The Labute approximate surface area is 214 Å². The minimum atomic E-state index is -0.0385. The molecular weight excluding hydrogens is 430 g/mol. The van der Waals surface area contributed by atoms with E-state index in [4.69, 9.17) is 4.74 Å². The van der Waals surface area contributed by atoms with Gasteiger partial charge in [0.05, 0.1) is 6.10 Å². The molecule has 1 aliphatic heterocycles. The molecule has 190 valence electrons. The molecule has 0 N–H and O–H groups in total. The van der Waals surface area contributed by atoms with Crippen LogP contribution in [0, 0.1) is 5.41 Å². The van der Waals surface area contributed by atoms with Crippen LogP contribution >= 0.6 is 0 Å². The summed E-state index contributed by atoms with van der Waals surface area (Å²) >= 11 is 0. The third-order valence-corrected chi connectivity index (χ3v) is 6.88. The summed E-state index contributed by atoms with van der Waals surface area (Å²) in [5.41, 5.74) is 4.41. The van der Waals surface area contributed by atoms with E-state index in [0.717, 1.165) is 38.9 Å². The van der Waals surface area contributed by atoms with Gasteiger partial charge in [0.25, 0.3) is 0 Å². The number of rotatable bonds is 12. The van der Waals surface area contributed by atoms with E-state index in [1.54, 1.807) is 6.08 Å². The molecule has 0 aromatic heterocycles. The van der Waals surface area contributed by atoms with Gasteiger partial charge in [-0.15, -0.1) is 0 Å². The van der Waals surface area contributed by atoms with Gasteiger partial charge in [0, 0.05) is 25.1 Å². The predicted molar refractivity (Wildman–Crippen MR) is 149 cm³/mol. The van der Waals surface area contributed by atoms with Gasteiger partial charge in [-0.2, -0.15) is 0 Å². The maximum absolute atomic E-state index is 12.7. The van der Waals surface area contributed by atoms with Crippen molar-refractivity contribution in [2.24, 2.45) is 5.41 Å². The highest BCUT2D eigenvalue weighted by Crippen LogP contribution is 2.30. The Morgan fingerprint density at radius 2 is 1.74 bits per heavy atom. The van der Waals surface area contributed by atoms with Crippen LogP contribution in [0.3, 0.4) is 0 Å². The van der Waals surface area contributed by atoms with Crippen LogP contribution in [0.5, 0.6) is 0 Å². The Balaban J connectivity index is 1.83. The van der Waals surface area contributed by atoms with Gasteiger partial charge >= 0.3 is 0 Å². The van der Waals surface area contributed by atoms with Crippen molar-refractivity contribution in [2.75, 3.05) is 19.6 Å². The van der Waals surface area contributed by atoms with E-state index in [0.29, 0.717) is 12.0 Å². The van der Waals surface area contributed by atoms with E-state index in [1.165, 1.54) is 16.7 Å². The van der Waals surface area contributed by atoms with Gasteiger partial charge in [0.1, 0.15) is 6.10 Å². The lowest BCUT2D eigenvalue weighted by molar-refractivity contribution is -0.115. The van der Waals surface area contributed by atoms with E-state index >= 15 is 0 Å². The first-order valence-electron chi connectivity index (χ1n) is 12.9. The monoisotopic (exact) mass is 475 g/mol. The molecule has 0 spiro atoms. The fourth-order valence-electron chi connectivity index (χ4n) is 4.16. The molecule has 1 heterocycles. The van der Waals surface area contributed by atoms with Gasteiger partial charge < -0.3 is 9.64 Å². The predicted octanol–water partition coefficient (Wildman–Crippen LogP) is 7.80. The number of hydrogen-bond donors (Lipinski definition) is 0. The second-order valence-corrected chi connectivity index (χ2v) is 10.6. The van der Waals surface area contributed by atoms with Crippen LogP contribution in [0.25, 0.3) is 0 Å². The highest BCUT2D eigenvalue weighted by Gasteiger charge is 2.24. The smallest absolute Gasteiger partial charge is 0.162 e. The molecule has 1 saturated heterocycles. The third-order valence-electron chi connectivity index (χ3n) is 6.88. The van der Waals surface area contributed by atoms with Crippen molar-refractivity contribution in [3.8, 4) is 0 Å². The first-order chi connectivity index (χ1) is 16.7. The highest BCUT2D eigenvalue weighted by atomic mass is 16.5. The SMILES string of the molecule is C=C/C=C(\C)C(OC1CCN(CCCC(=O)/C(C=C)=C/C=C(\C)C(C)(C)C)CC1)c1ccccc1. The maximum atomic E-state index is 12.7. The lowest BCUT2D eigenvalue weighted by Crippen LogP contribution is -2.38. The summed E-state index contributed by atoms with van der Waals surface area (Å²) in [5, 5.41) is 0. The second kappa shape index (κ2) is 14.2. The number of allylic oxidation sites excluding steroid dienone is 7. The largest absolute Gasteiger partial charge is 0.366 e. The van der Waals surface area contributed by atoms with Crippen molar-refractivity contribution in [3.63, 3.8) is 0 Å². The number of piperidine rings is 1. The van der Waals surface area contributed by atoms with Gasteiger partial charge in [-0.05, 0) is 56.2 Å². The molecule has 0 amide bonds. The van der Waals surface area contributed by atoms with Crippen molar-refractivity contribution in [1.82, 2.24) is 4.90 Å². The summed E-state index contributed by atoms with van der Waals surface area (Å²) in [6.45, 7) is 21.4. The molecule has 35 heavy (non-hydrogen) atoms. The first kappa shape index (κ1) is 28.7. The summed E-state index contributed by atoms with van der Waals surface area (Å²) in [6, 6.07) is 10.4. The average molecular weight is 476 g/mol. The van der Waals surface area contributed by atoms with Crippen molar-refractivity contribution < 1.29 is 9.53 Å². The normalized spacial score (nSPS) is 17.8. The Morgan fingerprint density at radius 3 is 2.31 bits per heavy atom. The number of carbonyl (C=O) groups excluding carboxylic acids is 1. The van der Waals surface area contributed by atoms with E-state index in [-0.39, 0.29) is 23.4 Å². The third kappa shape index (κ3) is 9.58. The van der Waals surface area contributed by atoms with Crippen LogP contribution < -0.4 is 0 Å². The fourth-order valence-corrected chi connectivity index (χ4v) is 4.16. The quantitative estimate of drug-likeness (QED) is 0.228. The van der Waals surface area contributed by atoms with E-state index in [1.807, 2.05) is 30.4 Å². The number of carbonyl (C=O) groups is 1. The van der Waals surface area contributed by atoms with E-state index in [2.05, 4.69) is 76.9 Å². The molecule has 1 fully saturated rings. The number of nitrogens with zero attached hydrogens (tertiary/aromatic N) is 1. The topological polar surface area (TPSA) is 29.5 Å². The number of Topliss-reactive ketones (excluding diaryl/α,β-unsaturated/α-hetero) is 1. The zero-order valence-corrected chi connectivity index (χ0v) is 22.6. The van der Waals surface area contributed by atoms with Crippen LogP contribution in [0.2, 0.25) is 0 Å². The minimum Gasteiger partial charge on any atom is -0.366 e. The molecule has 0 saturated carbocycles. The van der Waals surface area contributed by atoms with E-state index < -0.39 is 0 Å². The molecule has 1 aromatic rings. The summed E-state index contributed by atoms with van der Waals surface area (Å²) in [6.07, 6.45) is 13.2. The summed E-state index contributed by atoms with van der Waals surface area (Å²) in [5.74, 6) is 0.173. The lowest BCUT2D eigenvalue weighted by atomic mass is 9.87. The highest BCUT2D eigenvalue weighted by molar-refractivity contribution is 5.98. The van der Waals surface area contributed by atoms with Crippen LogP contribution in [-0.4, -0.2) is 36.4 Å². The summed E-state index contributed by atoms with van der Waals surface area (Å²) < 4.78 is 6.58. The van der Waals surface area contributed by atoms with Crippen LogP contribution in [-0.2, 0) is 9.53 Å². The summed E-state index contributed by atoms with van der Waals surface area (Å²) in [4.78, 5) is 15.1. The molecule has 1 aliphatic rings. The maximum Gasteiger partial charge on any atom is 0.162 e. The number of likely N-dealkylation sites (tertiary alicyclic amines) is 1. The Morgan fingerprint density at radius 1 is 1.09 bits per heavy atom. The van der Waals surface area contributed by atoms with Crippen LogP contribution in [0.1, 0.15) is 72.0 Å². The van der Waals surface area contributed by atoms with Crippen LogP contribution in [0.15, 0.2) is 90.6 Å². The van der Waals surface area contributed by atoms with E-state index in [9.17, 15) is 4.79 Å². The van der Waals surface area contributed by atoms with Gasteiger partial charge in [-0.1, -0.05) is 100 Å². The molecule has 1 aromatic carbocycles. The minimum absolute atomic E-state index is 0.0385. The standard InChI is InChI=1S/C32H45NO2/c1-8-14-25(3)31(28-15-11-10-12-16-28)35-29-20-23-33(24-21-29)22-13-17-30(34)27(9-2)19-18-26(4)32(5,6)7/h8-12,14-16,18-19,29,31H,1-2,13,17,20-24H2,3-7H3/b25-14+,26-18+,27-19+. The lowest BCUT2D eigenvalue weighted by Gasteiger charge is -2.34.